The molecule has 0 aliphatic carbocycles. The summed E-state index contributed by atoms with van der Waals surface area (Å²) in [5.74, 6) is 0.194. The Morgan fingerprint density at radius 1 is 1.20 bits per heavy atom. The lowest BCUT2D eigenvalue weighted by Gasteiger charge is -2.08. The van der Waals surface area contributed by atoms with E-state index in [9.17, 15) is 13.2 Å². The predicted octanol–water partition coefficient (Wildman–Crippen LogP) is 3.20. The molecule has 0 fully saturated rings. The predicted molar refractivity (Wildman–Crippen MR) is 94.4 cm³/mol. The van der Waals surface area contributed by atoms with E-state index in [2.05, 4.69) is 24.7 Å². The SMILES string of the molecule is COC(=O)Nc1nc2ccc(NS(=O)(=O)c3ccc(Cl)cc3)cc2[nH]1. The summed E-state index contributed by atoms with van der Waals surface area (Å²) >= 11 is 5.77. The van der Waals surface area contributed by atoms with Gasteiger partial charge in [-0.1, -0.05) is 11.6 Å². The Kier molecular flexibility index (Phi) is 4.51. The first-order valence-corrected chi connectivity index (χ1v) is 8.86. The Hall–Kier alpha value is -2.78. The van der Waals surface area contributed by atoms with Crippen molar-refractivity contribution in [3.8, 4) is 0 Å². The van der Waals surface area contributed by atoms with Crippen LogP contribution in [0.2, 0.25) is 5.02 Å². The van der Waals surface area contributed by atoms with Gasteiger partial charge in [0, 0.05) is 5.02 Å². The van der Waals surface area contributed by atoms with E-state index in [-0.39, 0.29) is 10.8 Å². The molecule has 0 aliphatic rings. The maximum Gasteiger partial charge on any atom is 0.413 e. The van der Waals surface area contributed by atoms with E-state index in [0.717, 1.165) is 0 Å². The van der Waals surface area contributed by atoms with E-state index in [1.54, 1.807) is 18.2 Å². The fourth-order valence-corrected chi connectivity index (χ4v) is 3.28. The molecule has 2 aromatic carbocycles. The van der Waals surface area contributed by atoms with Crippen molar-refractivity contribution < 1.29 is 17.9 Å². The number of H-pyrrole nitrogens is 1. The number of methoxy groups -OCH3 is 1. The largest absolute Gasteiger partial charge is 0.453 e. The van der Waals surface area contributed by atoms with E-state index in [4.69, 9.17) is 11.6 Å². The third kappa shape index (κ3) is 3.83. The number of sulfonamides is 1. The topological polar surface area (TPSA) is 113 Å². The molecule has 25 heavy (non-hydrogen) atoms. The van der Waals surface area contributed by atoms with Crippen LogP contribution in [-0.2, 0) is 14.8 Å². The van der Waals surface area contributed by atoms with Crippen molar-refractivity contribution in [2.45, 2.75) is 4.90 Å². The first kappa shape index (κ1) is 17.1. The minimum Gasteiger partial charge on any atom is -0.453 e. The number of aromatic nitrogens is 2. The van der Waals surface area contributed by atoms with Gasteiger partial charge >= 0.3 is 6.09 Å². The molecule has 0 unspecified atom stereocenters. The van der Waals surface area contributed by atoms with Crippen LogP contribution in [0.4, 0.5) is 16.4 Å². The zero-order chi connectivity index (χ0) is 18.0. The lowest BCUT2D eigenvalue weighted by Crippen LogP contribution is -2.12. The highest BCUT2D eigenvalue weighted by molar-refractivity contribution is 7.92. The van der Waals surface area contributed by atoms with E-state index in [1.807, 2.05) is 0 Å². The van der Waals surface area contributed by atoms with Crippen LogP contribution in [0.5, 0.6) is 0 Å². The monoisotopic (exact) mass is 380 g/mol. The highest BCUT2D eigenvalue weighted by Crippen LogP contribution is 2.22. The summed E-state index contributed by atoms with van der Waals surface area (Å²) in [5, 5.41) is 2.85. The van der Waals surface area contributed by atoms with Gasteiger partial charge in [-0.25, -0.2) is 18.2 Å². The van der Waals surface area contributed by atoms with E-state index in [1.165, 1.54) is 31.4 Å². The van der Waals surface area contributed by atoms with Crippen molar-refractivity contribution >= 4 is 50.4 Å². The number of nitrogens with zero attached hydrogens (tertiary/aromatic N) is 1. The van der Waals surface area contributed by atoms with Crippen LogP contribution in [0.25, 0.3) is 11.0 Å². The van der Waals surface area contributed by atoms with Crippen LogP contribution in [-0.4, -0.2) is 31.6 Å². The number of hydrogen-bond acceptors (Lipinski definition) is 5. The molecule has 1 aromatic heterocycles. The maximum atomic E-state index is 12.4. The Balaban J connectivity index is 1.86. The normalized spacial score (nSPS) is 11.3. The first-order chi connectivity index (χ1) is 11.9. The van der Waals surface area contributed by atoms with Gasteiger partial charge in [-0.3, -0.25) is 10.0 Å². The Morgan fingerprint density at radius 3 is 2.60 bits per heavy atom. The van der Waals surface area contributed by atoms with Crippen LogP contribution in [0.15, 0.2) is 47.4 Å². The van der Waals surface area contributed by atoms with Gasteiger partial charge in [-0.15, -0.1) is 0 Å². The molecular weight excluding hydrogens is 368 g/mol. The number of fused-ring (bicyclic) bond motifs is 1. The molecule has 3 rings (SSSR count). The molecule has 0 radical (unpaired) electrons. The van der Waals surface area contributed by atoms with Gasteiger partial charge in [0.1, 0.15) is 0 Å². The van der Waals surface area contributed by atoms with Crippen LogP contribution in [0, 0.1) is 0 Å². The molecule has 10 heteroatoms. The number of anilines is 2. The molecule has 0 bridgehead atoms. The molecule has 1 heterocycles. The summed E-state index contributed by atoms with van der Waals surface area (Å²) in [7, 11) is -2.51. The quantitative estimate of drug-likeness (QED) is 0.643. The molecule has 130 valence electrons. The van der Waals surface area contributed by atoms with Crippen molar-refractivity contribution in [1.29, 1.82) is 0 Å². The highest BCUT2D eigenvalue weighted by atomic mass is 35.5. The number of halogens is 1. The van der Waals surface area contributed by atoms with Gasteiger partial charge in [-0.05, 0) is 42.5 Å². The summed E-state index contributed by atoms with van der Waals surface area (Å²) in [6, 6.07) is 10.6. The molecule has 1 amide bonds. The lowest BCUT2D eigenvalue weighted by molar-refractivity contribution is 0.186. The summed E-state index contributed by atoms with van der Waals surface area (Å²) in [6.07, 6.45) is -0.664. The zero-order valence-corrected chi connectivity index (χ0v) is 14.5. The van der Waals surface area contributed by atoms with Crippen molar-refractivity contribution in [3.05, 3.63) is 47.5 Å². The van der Waals surface area contributed by atoms with Gasteiger partial charge in [-0.2, -0.15) is 0 Å². The van der Waals surface area contributed by atoms with Crippen molar-refractivity contribution in [2.24, 2.45) is 0 Å². The Labute approximate surface area is 148 Å². The van der Waals surface area contributed by atoms with Crippen LogP contribution in [0.1, 0.15) is 0 Å². The van der Waals surface area contributed by atoms with Crippen molar-refractivity contribution in [1.82, 2.24) is 9.97 Å². The van der Waals surface area contributed by atoms with Crippen LogP contribution < -0.4 is 10.0 Å². The number of amides is 1. The van der Waals surface area contributed by atoms with Gasteiger partial charge in [0.15, 0.2) is 0 Å². The van der Waals surface area contributed by atoms with Crippen molar-refractivity contribution in [2.75, 3.05) is 17.1 Å². The molecule has 0 saturated carbocycles. The average molecular weight is 381 g/mol. The number of benzene rings is 2. The summed E-state index contributed by atoms with van der Waals surface area (Å²) in [6.45, 7) is 0. The lowest BCUT2D eigenvalue weighted by atomic mass is 10.3. The number of carbonyl (C=O) groups excluding carboxylic acids is 1. The maximum absolute atomic E-state index is 12.4. The fraction of sp³-hybridized carbons (Fsp3) is 0.0667. The smallest absolute Gasteiger partial charge is 0.413 e. The Bertz CT molecular complexity index is 1030. The minimum absolute atomic E-state index is 0.0923. The summed E-state index contributed by atoms with van der Waals surface area (Å²) in [5.41, 5.74) is 1.44. The summed E-state index contributed by atoms with van der Waals surface area (Å²) in [4.78, 5) is 18.3. The van der Waals surface area contributed by atoms with E-state index >= 15 is 0 Å². The molecule has 3 N–H and O–H groups in total. The van der Waals surface area contributed by atoms with Crippen LogP contribution >= 0.6 is 11.6 Å². The Morgan fingerprint density at radius 2 is 1.92 bits per heavy atom. The van der Waals surface area contributed by atoms with Crippen LogP contribution in [0.3, 0.4) is 0 Å². The van der Waals surface area contributed by atoms with E-state index in [0.29, 0.717) is 21.7 Å². The number of ether oxygens (including phenoxy) is 1. The molecule has 3 aromatic rings. The fourth-order valence-electron chi connectivity index (χ4n) is 2.11. The molecule has 0 saturated heterocycles. The minimum atomic E-state index is -3.75. The summed E-state index contributed by atoms with van der Waals surface area (Å²) < 4.78 is 31.7. The van der Waals surface area contributed by atoms with Gasteiger partial charge in [0.05, 0.1) is 28.7 Å². The molecule has 0 atom stereocenters. The van der Waals surface area contributed by atoms with Gasteiger partial charge in [0.25, 0.3) is 10.0 Å². The number of nitrogens with one attached hydrogen (secondary N) is 3. The number of rotatable bonds is 4. The molecule has 0 spiro atoms. The van der Waals surface area contributed by atoms with Gasteiger partial charge in [0.2, 0.25) is 5.95 Å². The molecule has 0 aliphatic heterocycles. The molecule has 8 nitrogen and oxygen atoms in total. The standard InChI is InChI=1S/C15H13ClN4O4S/c1-24-15(21)19-14-17-12-7-4-10(8-13(12)18-14)20-25(22,23)11-5-2-9(16)3-6-11/h2-8,20H,1H3,(H2,17,18,19,21). The molecular formula is C15H13ClN4O4S. The number of imidazole rings is 1. The first-order valence-electron chi connectivity index (χ1n) is 7.00. The third-order valence-corrected chi connectivity index (χ3v) is 4.91. The van der Waals surface area contributed by atoms with Gasteiger partial charge < -0.3 is 9.72 Å². The average Bonchev–Trinajstić information content (AvgIpc) is 2.96. The number of carbonyl (C=O) groups is 1. The van der Waals surface area contributed by atoms with Crippen molar-refractivity contribution in [3.63, 3.8) is 0 Å². The second kappa shape index (κ2) is 6.61. The second-order valence-corrected chi connectivity index (χ2v) is 7.11. The highest BCUT2D eigenvalue weighted by Gasteiger charge is 2.15. The number of hydrogen-bond donors (Lipinski definition) is 3. The van der Waals surface area contributed by atoms with E-state index < -0.39 is 16.1 Å². The third-order valence-electron chi connectivity index (χ3n) is 3.26. The number of aromatic amines is 1. The second-order valence-electron chi connectivity index (χ2n) is 4.99. The zero-order valence-electron chi connectivity index (χ0n) is 12.9.